The van der Waals surface area contributed by atoms with Gasteiger partial charge in [0.1, 0.15) is 0 Å². The van der Waals surface area contributed by atoms with Gasteiger partial charge in [-0.05, 0) is 43.2 Å². The molecule has 0 aliphatic heterocycles. The van der Waals surface area contributed by atoms with Crippen LogP contribution in [0.15, 0.2) is 66.2 Å². The van der Waals surface area contributed by atoms with Crippen LogP contribution in [0.25, 0.3) is 11.6 Å². The molecule has 0 saturated carbocycles. The lowest BCUT2D eigenvalue weighted by molar-refractivity contribution is -0.137. The number of likely N-dealkylation sites (N-methyl/N-ethyl adjacent to an activating group) is 1. The molecule has 0 bridgehead atoms. The molecule has 3 nitrogen and oxygen atoms in total. The average Bonchev–Trinajstić information content (AvgIpc) is 2.57. The molecule has 25 heavy (non-hydrogen) atoms. The van der Waals surface area contributed by atoms with Crippen LogP contribution < -0.4 is 0 Å². The third kappa shape index (κ3) is 6.05. The van der Waals surface area contributed by atoms with Gasteiger partial charge >= 0.3 is 5.97 Å². The van der Waals surface area contributed by atoms with E-state index in [1.54, 1.807) is 4.90 Å². The molecule has 0 heterocycles. The lowest BCUT2D eigenvalue weighted by Gasteiger charge is -2.14. The summed E-state index contributed by atoms with van der Waals surface area (Å²) in [6.07, 6.45) is 4.26. The maximum Gasteiger partial charge on any atom is 0.317 e. The van der Waals surface area contributed by atoms with Crippen molar-refractivity contribution in [1.29, 1.82) is 0 Å². The first kappa shape index (κ1) is 18.7. The van der Waals surface area contributed by atoms with Crippen LogP contribution in [0.2, 0.25) is 0 Å². The molecule has 0 aromatic heterocycles. The Morgan fingerprint density at radius 1 is 1.08 bits per heavy atom. The van der Waals surface area contributed by atoms with Crippen LogP contribution in [-0.2, 0) is 4.79 Å². The van der Waals surface area contributed by atoms with Crippen LogP contribution >= 0.6 is 0 Å². The Balaban J connectivity index is 2.30. The van der Waals surface area contributed by atoms with Crippen molar-refractivity contribution in [1.82, 2.24) is 4.90 Å². The summed E-state index contributed by atoms with van der Waals surface area (Å²) >= 11 is 0. The molecule has 2 rings (SSSR count). The highest BCUT2D eigenvalue weighted by molar-refractivity contribution is 5.84. The van der Waals surface area contributed by atoms with E-state index in [1.807, 2.05) is 25.2 Å². The van der Waals surface area contributed by atoms with E-state index in [-0.39, 0.29) is 6.54 Å². The van der Waals surface area contributed by atoms with Crippen molar-refractivity contribution < 1.29 is 9.90 Å². The summed E-state index contributed by atoms with van der Waals surface area (Å²) in [6.45, 7) is 4.78. The van der Waals surface area contributed by atoms with Crippen LogP contribution in [0.4, 0.5) is 0 Å². The van der Waals surface area contributed by atoms with Crippen LogP contribution in [0, 0.1) is 6.92 Å². The quantitative estimate of drug-likeness (QED) is 0.758. The topological polar surface area (TPSA) is 40.5 Å². The van der Waals surface area contributed by atoms with Crippen molar-refractivity contribution >= 4 is 17.6 Å². The molecule has 0 atom stereocenters. The van der Waals surface area contributed by atoms with E-state index in [2.05, 4.69) is 62.4 Å². The van der Waals surface area contributed by atoms with Gasteiger partial charge in [0.25, 0.3) is 0 Å². The first-order chi connectivity index (χ1) is 12.0. The zero-order valence-corrected chi connectivity index (χ0v) is 15.1. The highest BCUT2D eigenvalue weighted by atomic mass is 16.4. The van der Waals surface area contributed by atoms with Gasteiger partial charge in [0.05, 0.1) is 6.54 Å². The van der Waals surface area contributed by atoms with E-state index >= 15 is 0 Å². The SMILES string of the molecule is CC(=C\c1ccc(C)cc1)/C(=C/CN(C)CC(=O)O)c1ccccc1. The Morgan fingerprint density at radius 2 is 1.72 bits per heavy atom. The van der Waals surface area contributed by atoms with E-state index in [0.717, 1.165) is 22.3 Å². The average molecular weight is 335 g/mol. The maximum atomic E-state index is 10.9. The van der Waals surface area contributed by atoms with E-state index in [4.69, 9.17) is 5.11 Å². The highest BCUT2D eigenvalue weighted by Gasteiger charge is 2.07. The molecule has 2 aromatic rings. The van der Waals surface area contributed by atoms with Crippen LogP contribution in [0.5, 0.6) is 0 Å². The predicted molar refractivity (Wildman–Crippen MR) is 104 cm³/mol. The fourth-order valence-electron chi connectivity index (χ4n) is 2.66. The third-order valence-corrected chi connectivity index (χ3v) is 3.98. The number of rotatable bonds is 7. The summed E-state index contributed by atoms with van der Waals surface area (Å²) in [4.78, 5) is 12.6. The molecule has 0 fully saturated rings. The fraction of sp³-hybridized carbons (Fsp3) is 0.227. The van der Waals surface area contributed by atoms with Crippen molar-refractivity contribution in [2.75, 3.05) is 20.1 Å². The van der Waals surface area contributed by atoms with Gasteiger partial charge in [-0.25, -0.2) is 0 Å². The smallest absolute Gasteiger partial charge is 0.317 e. The molecule has 1 N–H and O–H groups in total. The Bertz CT molecular complexity index is 758. The standard InChI is InChI=1S/C22H25NO2/c1-17-9-11-19(12-10-17)15-18(2)21(20-7-5-4-6-8-20)13-14-23(3)16-22(24)25/h4-13,15H,14,16H2,1-3H3,(H,24,25)/b18-15+,21-13-. The lowest BCUT2D eigenvalue weighted by Crippen LogP contribution is -2.25. The number of allylic oxidation sites excluding steroid dienone is 2. The number of nitrogens with zero attached hydrogens (tertiary/aromatic N) is 1. The summed E-state index contributed by atoms with van der Waals surface area (Å²) in [5.74, 6) is -0.816. The number of hydrogen-bond acceptors (Lipinski definition) is 2. The molecule has 0 radical (unpaired) electrons. The zero-order valence-electron chi connectivity index (χ0n) is 15.1. The van der Waals surface area contributed by atoms with Gasteiger partial charge in [0.2, 0.25) is 0 Å². The number of carboxylic acids is 1. The fourth-order valence-corrected chi connectivity index (χ4v) is 2.66. The summed E-state index contributed by atoms with van der Waals surface area (Å²) in [5.41, 5.74) is 5.80. The minimum absolute atomic E-state index is 0.0271. The zero-order chi connectivity index (χ0) is 18.2. The number of hydrogen-bond donors (Lipinski definition) is 1. The largest absolute Gasteiger partial charge is 0.480 e. The summed E-state index contributed by atoms with van der Waals surface area (Å²) in [5, 5.41) is 8.92. The van der Waals surface area contributed by atoms with Gasteiger partial charge in [-0.15, -0.1) is 0 Å². The van der Waals surface area contributed by atoms with Gasteiger partial charge in [-0.2, -0.15) is 0 Å². The number of aryl methyl sites for hydroxylation is 1. The van der Waals surface area contributed by atoms with Gasteiger partial charge < -0.3 is 5.11 Å². The number of carbonyl (C=O) groups is 1. The number of carboxylic acid groups (broad SMARTS) is 1. The summed E-state index contributed by atoms with van der Waals surface area (Å²) in [6, 6.07) is 18.6. The van der Waals surface area contributed by atoms with Gasteiger partial charge in [0.15, 0.2) is 0 Å². The minimum Gasteiger partial charge on any atom is -0.480 e. The summed E-state index contributed by atoms with van der Waals surface area (Å²) < 4.78 is 0. The molecule has 2 aromatic carbocycles. The van der Waals surface area contributed by atoms with Crippen molar-refractivity contribution in [2.45, 2.75) is 13.8 Å². The predicted octanol–water partition coefficient (Wildman–Crippen LogP) is 4.50. The van der Waals surface area contributed by atoms with Crippen LogP contribution in [-0.4, -0.2) is 36.1 Å². The summed E-state index contributed by atoms with van der Waals surface area (Å²) in [7, 11) is 1.81. The van der Waals surface area contributed by atoms with Crippen LogP contribution in [0.3, 0.4) is 0 Å². The molecular weight excluding hydrogens is 310 g/mol. The van der Waals surface area contributed by atoms with E-state index in [0.29, 0.717) is 6.54 Å². The van der Waals surface area contributed by atoms with E-state index in [9.17, 15) is 4.79 Å². The Hall–Kier alpha value is -2.65. The maximum absolute atomic E-state index is 10.9. The Kier molecular flexibility index (Phi) is 6.72. The van der Waals surface area contributed by atoms with Crippen molar-refractivity contribution in [2.24, 2.45) is 0 Å². The van der Waals surface area contributed by atoms with Gasteiger partial charge in [-0.1, -0.05) is 72.3 Å². The minimum atomic E-state index is -0.816. The molecule has 0 aliphatic carbocycles. The first-order valence-electron chi connectivity index (χ1n) is 8.37. The van der Waals surface area contributed by atoms with Gasteiger partial charge in [-0.3, -0.25) is 9.69 Å². The monoisotopic (exact) mass is 335 g/mol. The van der Waals surface area contributed by atoms with Crippen molar-refractivity contribution in [3.05, 3.63) is 82.9 Å². The normalized spacial score (nSPS) is 12.5. The Labute approximate surface area is 149 Å². The van der Waals surface area contributed by atoms with Gasteiger partial charge in [0, 0.05) is 6.54 Å². The molecule has 3 heteroatoms. The highest BCUT2D eigenvalue weighted by Crippen LogP contribution is 2.25. The second-order valence-electron chi connectivity index (χ2n) is 6.31. The molecule has 130 valence electrons. The number of aliphatic carboxylic acids is 1. The second-order valence-corrected chi connectivity index (χ2v) is 6.31. The van der Waals surface area contributed by atoms with Crippen LogP contribution in [0.1, 0.15) is 23.6 Å². The van der Waals surface area contributed by atoms with Crippen molar-refractivity contribution in [3.63, 3.8) is 0 Å². The van der Waals surface area contributed by atoms with E-state index in [1.165, 1.54) is 5.56 Å². The lowest BCUT2D eigenvalue weighted by atomic mass is 9.96. The molecule has 0 aliphatic rings. The molecule has 0 unspecified atom stereocenters. The Morgan fingerprint density at radius 3 is 2.32 bits per heavy atom. The van der Waals surface area contributed by atoms with E-state index < -0.39 is 5.97 Å². The molecular formula is C22H25NO2. The second kappa shape index (κ2) is 9.00. The molecule has 0 amide bonds. The molecule has 0 saturated heterocycles. The number of benzene rings is 2. The van der Waals surface area contributed by atoms with Crippen molar-refractivity contribution in [3.8, 4) is 0 Å². The molecule has 0 spiro atoms. The third-order valence-electron chi connectivity index (χ3n) is 3.98. The first-order valence-corrected chi connectivity index (χ1v) is 8.37.